The summed E-state index contributed by atoms with van der Waals surface area (Å²) in [5.41, 5.74) is 3.62. The Morgan fingerprint density at radius 1 is 1.26 bits per heavy atom. The van der Waals surface area contributed by atoms with Gasteiger partial charge in [-0.2, -0.15) is 0 Å². The number of benzene rings is 1. The number of ether oxygens (including phenoxy) is 1. The van der Waals surface area contributed by atoms with Crippen LogP contribution in [0.5, 0.6) is 5.88 Å². The second-order valence-corrected chi connectivity index (χ2v) is 7.69. The van der Waals surface area contributed by atoms with E-state index in [2.05, 4.69) is 24.1 Å². The van der Waals surface area contributed by atoms with Gasteiger partial charge in [0.05, 0.1) is 12.8 Å². The molecular weight excluding hydrogens is 383 g/mol. The van der Waals surface area contributed by atoms with Gasteiger partial charge >= 0.3 is 0 Å². The minimum absolute atomic E-state index is 0.0421. The molecule has 1 saturated heterocycles. The number of amides is 1. The summed E-state index contributed by atoms with van der Waals surface area (Å²) < 4.78 is 5.27. The summed E-state index contributed by atoms with van der Waals surface area (Å²) in [4.78, 5) is 16.1. The smallest absolute Gasteiger partial charge is 0.232 e. The highest BCUT2D eigenvalue weighted by molar-refractivity contribution is 6.32. The Hall–Kier alpha value is -2.04. The second kappa shape index (κ2) is 8.32. The van der Waals surface area contributed by atoms with Crippen molar-refractivity contribution in [1.29, 1.82) is 0 Å². The monoisotopic (exact) mass is 404 g/mol. The molecule has 142 valence electrons. The zero-order valence-corrected chi connectivity index (χ0v) is 17.1. The van der Waals surface area contributed by atoms with Gasteiger partial charge in [-0.3, -0.25) is 4.79 Å². The van der Waals surface area contributed by atoms with Crippen molar-refractivity contribution in [3.05, 3.63) is 63.3 Å². The third-order valence-corrected chi connectivity index (χ3v) is 5.23. The molecule has 0 saturated carbocycles. The topological polar surface area (TPSA) is 51.2 Å². The molecule has 1 atom stereocenters. The Kier molecular flexibility index (Phi) is 6.08. The maximum atomic E-state index is 11.6. The number of carbonyl (C=O) groups is 1. The number of halogens is 2. The van der Waals surface area contributed by atoms with Gasteiger partial charge in [-0.25, -0.2) is 4.98 Å². The first-order valence-corrected chi connectivity index (χ1v) is 9.66. The average Bonchev–Trinajstić information content (AvgIpc) is 3.05. The molecule has 1 amide bonds. The van der Waals surface area contributed by atoms with E-state index in [1.807, 2.05) is 30.3 Å². The van der Waals surface area contributed by atoms with Gasteiger partial charge in [-0.15, -0.1) is 0 Å². The van der Waals surface area contributed by atoms with Crippen molar-refractivity contribution in [2.75, 3.05) is 7.11 Å². The molecule has 1 aliphatic rings. The highest BCUT2D eigenvalue weighted by Crippen LogP contribution is 2.33. The molecule has 1 aliphatic heterocycles. The van der Waals surface area contributed by atoms with Crippen LogP contribution in [0.1, 0.15) is 49.4 Å². The van der Waals surface area contributed by atoms with Crippen LogP contribution in [-0.2, 0) is 4.79 Å². The van der Waals surface area contributed by atoms with Gasteiger partial charge in [-0.1, -0.05) is 55.3 Å². The van der Waals surface area contributed by atoms with Crippen LogP contribution in [0.15, 0.2) is 36.4 Å². The molecule has 1 N–H and O–H groups in total. The summed E-state index contributed by atoms with van der Waals surface area (Å²) in [7, 11) is 1.53. The minimum atomic E-state index is -0.0421. The van der Waals surface area contributed by atoms with Gasteiger partial charge in [0.15, 0.2) is 0 Å². The summed E-state index contributed by atoms with van der Waals surface area (Å²) in [6, 6.07) is 9.58. The first-order chi connectivity index (χ1) is 12.9. The fraction of sp³-hybridized carbons (Fsp3) is 0.333. The lowest BCUT2D eigenvalue weighted by Crippen LogP contribution is -2.23. The molecule has 0 spiro atoms. The number of rotatable bonds is 5. The molecule has 6 heteroatoms. The molecule has 4 nitrogen and oxygen atoms in total. The molecule has 2 heterocycles. The van der Waals surface area contributed by atoms with Crippen molar-refractivity contribution >= 4 is 34.7 Å². The van der Waals surface area contributed by atoms with Crippen LogP contribution < -0.4 is 10.1 Å². The van der Waals surface area contributed by atoms with Crippen LogP contribution in [-0.4, -0.2) is 24.0 Å². The summed E-state index contributed by atoms with van der Waals surface area (Å²) in [6.45, 7) is 4.22. The average molecular weight is 405 g/mol. The number of nitrogens with zero attached hydrogens (tertiary/aromatic N) is 1. The molecule has 1 aromatic carbocycles. The largest absolute Gasteiger partial charge is 0.480 e. The van der Waals surface area contributed by atoms with E-state index in [-0.39, 0.29) is 11.9 Å². The Balaban J connectivity index is 2.09. The summed E-state index contributed by atoms with van der Waals surface area (Å²) in [6.07, 6.45) is 3.31. The van der Waals surface area contributed by atoms with Gasteiger partial charge in [-0.05, 0) is 41.7 Å². The second-order valence-electron chi connectivity index (χ2n) is 6.87. The van der Waals surface area contributed by atoms with Crippen LogP contribution in [0, 0.1) is 0 Å². The van der Waals surface area contributed by atoms with E-state index in [0.29, 0.717) is 34.0 Å². The Morgan fingerprint density at radius 2 is 2.04 bits per heavy atom. The number of hydrogen-bond acceptors (Lipinski definition) is 3. The van der Waals surface area contributed by atoms with Crippen LogP contribution in [0.25, 0.3) is 5.57 Å². The Bertz CT molecular complexity index is 894. The zero-order chi connectivity index (χ0) is 19.6. The van der Waals surface area contributed by atoms with Gasteiger partial charge in [0.25, 0.3) is 0 Å². The van der Waals surface area contributed by atoms with E-state index in [1.54, 1.807) is 6.07 Å². The molecular formula is C21H22Cl2N2O2. The first-order valence-electron chi connectivity index (χ1n) is 8.91. The fourth-order valence-electron chi connectivity index (χ4n) is 3.17. The van der Waals surface area contributed by atoms with Gasteiger partial charge in [0.1, 0.15) is 5.02 Å². The van der Waals surface area contributed by atoms with E-state index < -0.39 is 0 Å². The standard InChI is InChI=1S/C21H22Cl2N2O2/c1-12(2)15-6-4-13(10-18(15)23)16(11-14-5-9-20(26)24-14)19-8-7-17(22)21(25-19)27-3/h4,6-8,10-12,14H,5,9H2,1-3H3,(H,24,26)/t14-/m1/s1. The SMILES string of the molecule is COc1nc(C(=C[C@H]2CCC(=O)N2)c2ccc(C(C)C)c(Cl)c2)ccc1Cl. The third kappa shape index (κ3) is 4.45. The van der Waals surface area contributed by atoms with Crippen LogP contribution in [0.4, 0.5) is 0 Å². The number of carbonyl (C=O) groups excluding carboxylic acids is 1. The molecule has 0 bridgehead atoms. The molecule has 0 radical (unpaired) electrons. The van der Waals surface area contributed by atoms with E-state index in [1.165, 1.54) is 7.11 Å². The van der Waals surface area contributed by atoms with Crippen molar-refractivity contribution < 1.29 is 9.53 Å². The number of methoxy groups -OCH3 is 1. The van der Waals surface area contributed by atoms with E-state index in [9.17, 15) is 4.79 Å². The van der Waals surface area contributed by atoms with Crippen LogP contribution >= 0.6 is 23.2 Å². The number of aromatic nitrogens is 1. The number of hydrogen-bond donors (Lipinski definition) is 1. The van der Waals surface area contributed by atoms with Gasteiger partial charge in [0, 0.05) is 23.1 Å². The normalized spacial score (nSPS) is 17.3. The highest BCUT2D eigenvalue weighted by Gasteiger charge is 2.21. The predicted octanol–water partition coefficient (Wildman–Crippen LogP) is 5.23. The third-order valence-electron chi connectivity index (χ3n) is 4.61. The molecule has 1 aromatic heterocycles. The van der Waals surface area contributed by atoms with E-state index >= 15 is 0 Å². The summed E-state index contributed by atoms with van der Waals surface area (Å²) in [5, 5.41) is 4.13. The maximum absolute atomic E-state index is 11.6. The minimum Gasteiger partial charge on any atom is -0.480 e. The van der Waals surface area contributed by atoms with Crippen molar-refractivity contribution in [3.8, 4) is 5.88 Å². The lowest BCUT2D eigenvalue weighted by Gasteiger charge is -2.15. The molecule has 0 aliphatic carbocycles. The van der Waals surface area contributed by atoms with Crippen molar-refractivity contribution in [2.24, 2.45) is 0 Å². The maximum Gasteiger partial charge on any atom is 0.232 e. The summed E-state index contributed by atoms with van der Waals surface area (Å²) >= 11 is 12.6. The van der Waals surface area contributed by atoms with Gasteiger partial charge in [0.2, 0.25) is 11.8 Å². The van der Waals surface area contributed by atoms with Crippen molar-refractivity contribution in [3.63, 3.8) is 0 Å². The zero-order valence-electron chi connectivity index (χ0n) is 15.6. The lowest BCUT2D eigenvalue weighted by atomic mass is 9.95. The summed E-state index contributed by atoms with van der Waals surface area (Å²) in [5.74, 6) is 0.757. The Labute approximate surface area is 169 Å². The van der Waals surface area contributed by atoms with E-state index in [0.717, 1.165) is 23.1 Å². The molecule has 2 aromatic rings. The molecule has 1 fully saturated rings. The number of pyridine rings is 1. The highest BCUT2D eigenvalue weighted by atomic mass is 35.5. The first kappa shape index (κ1) is 19.7. The fourth-order valence-corrected chi connectivity index (χ4v) is 3.75. The Morgan fingerprint density at radius 3 is 2.63 bits per heavy atom. The van der Waals surface area contributed by atoms with Crippen LogP contribution in [0.2, 0.25) is 10.0 Å². The van der Waals surface area contributed by atoms with Crippen molar-refractivity contribution in [1.82, 2.24) is 10.3 Å². The molecule has 3 rings (SSSR count). The quantitative estimate of drug-likeness (QED) is 0.741. The van der Waals surface area contributed by atoms with Gasteiger partial charge < -0.3 is 10.1 Å². The van der Waals surface area contributed by atoms with E-state index in [4.69, 9.17) is 27.9 Å². The molecule has 0 unspecified atom stereocenters. The predicted molar refractivity (Wildman–Crippen MR) is 110 cm³/mol. The van der Waals surface area contributed by atoms with Crippen molar-refractivity contribution in [2.45, 2.75) is 38.6 Å². The number of nitrogens with one attached hydrogen (secondary N) is 1. The lowest BCUT2D eigenvalue weighted by molar-refractivity contribution is -0.119. The molecule has 27 heavy (non-hydrogen) atoms. The van der Waals surface area contributed by atoms with Crippen LogP contribution in [0.3, 0.4) is 0 Å².